The molecule has 3 heterocycles. The van der Waals surface area contributed by atoms with E-state index in [0.29, 0.717) is 12.2 Å². The lowest BCUT2D eigenvalue weighted by Crippen LogP contribution is -2.36. The van der Waals surface area contributed by atoms with Gasteiger partial charge in [0.2, 0.25) is 0 Å². The lowest BCUT2D eigenvalue weighted by molar-refractivity contribution is 0.0470. The molecule has 2 aliphatic heterocycles. The number of hydrogen-bond donors (Lipinski definition) is 0. The number of fused-ring (bicyclic) bond motifs is 2. The second-order valence-corrected chi connectivity index (χ2v) is 8.36. The van der Waals surface area contributed by atoms with Gasteiger partial charge in [-0.05, 0) is 47.9 Å². The Morgan fingerprint density at radius 1 is 1.13 bits per heavy atom. The molecule has 0 bridgehead atoms. The van der Waals surface area contributed by atoms with Crippen LogP contribution in [0.15, 0.2) is 47.8 Å². The molecular formula is C23H19NO5S. The molecule has 152 valence electrons. The van der Waals surface area contributed by atoms with Crippen molar-refractivity contribution < 1.29 is 23.9 Å². The van der Waals surface area contributed by atoms with E-state index in [9.17, 15) is 14.4 Å². The van der Waals surface area contributed by atoms with Crippen LogP contribution in [0.1, 0.15) is 49.5 Å². The van der Waals surface area contributed by atoms with Crippen LogP contribution in [-0.2, 0) is 16.1 Å². The number of nitrogens with zero attached hydrogens (tertiary/aromatic N) is 1. The standard InChI is InChI=1S/C23H19NO5S/c25-21-18-8-7-14(10-19(18)22(26)24(21)11-16-4-3-9-28-16)23(27)29-12-15-13-30-20-6-2-1-5-17(15)20/h1-2,5-8,10,13,16H,3-4,9,11-12H2. The second kappa shape index (κ2) is 7.66. The molecule has 2 aromatic carbocycles. The molecule has 0 aliphatic carbocycles. The van der Waals surface area contributed by atoms with E-state index in [1.54, 1.807) is 11.3 Å². The predicted molar refractivity (Wildman–Crippen MR) is 112 cm³/mol. The van der Waals surface area contributed by atoms with Gasteiger partial charge in [-0.3, -0.25) is 14.5 Å². The number of amides is 2. The second-order valence-electron chi connectivity index (χ2n) is 7.45. The fourth-order valence-electron chi connectivity index (χ4n) is 3.95. The summed E-state index contributed by atoms with van der Waals surface area (Å²) in [6, 6.07) is 12.5. The van der Waals surface area contributed by atoms with Gasteiger partial charge in [0.1, 0.15) is 6.61 Å². The zero-order valence-corrected chi connectivity index (χ0v) is 16.9. The molecular weight excluding hydrogens is 402 g/mol. The molecule has 30 heavy (non-hydrogen) atoms. The van der Waals surface area contributed by atoms with Gasteiger partial charge < -0.3 is 9.47 Å². The summed E-state index contributed by atoms with van der Waals surface area (Å²) >= 11 is 1.60. The molecule has 1 fully saturated rings. The van der Waals surface area contributed by atoms with Crippen LogP contribution in [-0.4, -0.2) is 41.9 Å². The molecule has 1 saturated heterocycles. The van der Waals surface area contributed by atoms with Crippen molar-refractivity contribution in [3.63, 3.8) is 0 Å². The molecule has 3 aromatic rings. The Morgan fingerprint density at radius 2 is 1.97 bits per heavy atom. The minimum atomic E-state index is -0.522. The maximum absolute atomic E-state index is 12.8. The molecule has 0 saturated carbocycles. The van der Waals surface area contributed by atoms with Crippen molar-refractivity contribution in [2.24, 2.45) is 0 Å². The summed E-state index contributed by atoms with van der Waals surface area (Å²) in [5.74, 6) is -1.25. The first kappa shape index (κ1) is 19.0. The van der Waals surface area contributed by atoms with Gasteiger partial charge in [-0.1, -0.05) is 18.2 Å². The van der Waals surface area contributed by atoms with Crippen LogP contribution >= 0.6 is 11.3 Å². The largest absolute Gasteiger partial charge is 0.457 e. The van der Waals surface area contributed by atoms with Gasteiger partial charge in [0.25, 0.3) is 11.8 Å². The number of carbonyl (C=O) groups excluding carboxylic acids is 3. The van der Waals surface area contributed by atoms with E-state index in [-0.39, 0.29) is 42.2 Å². The van der Waals surface area contributed by atoms with Crippen LogP contribution in [0.25, 0.3) is 10.1 Å². The lowest BCUT2D eigenvalue weighted by Gasteiger charge is -2.17. The van der Waals surface area contributed by atoms with Crippen LogP contribution in [0.2, 0.25) is 0 Å². The molecule has 6 nitrogen and oxygen atoms in total. The van der Waals surface area contributed by atoms with Gasteiger partial charge in [0, 0.05) is 16.9 Å². The van der Waals surface area contributed by atoms with Crippen molar-refractivity contribution in [2.75, 3.05) is 13.2 Å². The number of rotatable bonds is 5. The summed E-state index contributed by atoms with van der Waals surface area (Å²) in [5.41, 5.74) is 1.76. The Morgan fingerprint density at radius 3 is 2.80 bits per heavy atom. The third-order valence-electron chi connectivity index (χ3n) is 5.54. The number of imide groups is 1. The summed E-state index contributed by atoms with van der Waals surface area (Å²) in [4.78, 5) is 39.2. The molecule has 1 aromatic heterocycles. The van der Waals surface area contributed by atoms with Crippen LogP contribution in [0, 0.1) is 0 Å². The lowest BCUT2D eigenvalue weighted by atomic mass is 10.1. The summed E-state index contributed by atoms with van der Waals surface area (Å²) in [5, 5.41) is 3.04. The first-order valence-corrected chi connectivity index (χ1v) is 10.7. The van der Waals surface area contributed by atoms with Gasteiger partial charge in [-0.15, -0.1) is 11.3 Å². The Balaban J connectivity index is 1.31. The fourth-order valence-corrected chi connectivity index (χ4v) is 4.89. The zero-order valence-electron chi connectivity index (χ0n) is 16.1. The molecule has 1 unspecified atom stereocenters. The highest BCUT2D eigenvalue weighted by Crippen LogP contribution is 2.28. The van der Waals surface area contributed by atoms with E-state index in [4.69, 9.17) is 9.47 Å². The molecule has 0 N–H and O–H groups in total. The van der Waals surface area contributed by atoms with Gasteiger partial charge >= 0.3 is 5.97 Å². The Kier molecular flexibility index (Phi) is 4.84. The molecule has 0 radical (unpaired) electrons. The maximum atomic E-state index is 12.8. The highest BCUT2D eigenvalue weighted by Gasteiger charge is 2.38. The summed E-state index contributed by atoms with van der Waals surface area (Å²) < 4.78 is 12.2. The average Bonchev–Trinajstić information content (AvgIpc) is 3.48. The number of carbonyl (C=O) groups is 3. The van der Waals surface area contributed by atoms with E-state index < -0.39 is 5.97 Å². The van der Waals surface area contributed by atoms with E-state index >= 15 is 0 Å². The molecule has 1 atom stereocenters. The van der Waals surface area contributed by atoms with Gasteiger partial charge in [0.05, 0.1) is 29.3 Å². The number of hydrogen-bond acceptors (Lipinski definition) is 6. The topological polar surface area (TPSA) is 72.9 Å². The van der Waals surface area contributed by atoms with Gasteiger partial charge in [0.15, 0.2) is 0 Å². The number of esters is 1. The van der Waals surface area contributed by atoms with Crippen molar-refractivity contribution in [1.29, 1.82) is 0 Å². The third-order valence-corrected chi connectivity index (χ3v) is 6.55. The monoisotopic (exact) mass is 421 g/mol. The van der Waals surface area contributed by atoms with E-state index in [1.165, 1.54) is 23.1 Å². The van der Waals surface area contributed by atoms with E-state index in [2.05, 4.69) is 0 Å². The molecule has 7 heteroatoms. The summed E-state index contributed by atoms with van der Waals surface area (Å²) in [6.07, 6.45) is 1.66. The molecule has 0 spiro atoms. The number of thiophene rings is 1. The van der Waals surface area contributed by atoms with Gasteiger partial charge in [-0.25, -0.2) is 4.79 Å². The smallest absolute Gasteiger partial charge is 0.338 e. The first-order valence-electron chi connectivity index (χ1n) is 9.86. The van der Waals surface area contributed by atoms with Crippen molar-refractivity contribution >= 4 is 39.2 Å². The Hall–Kier alpha value is -3.03. The van der Waals surface area contributed by atoms with Crippen LogP contribution < -0.4 is 0 Å². The Labute approximate surface area is 177 Å². The quantitative estimate of drug-likeness (QED) is 0.459. The average molecular weight is 421 g/mol. The Bertz CT molecular complexity index is 1160. The number of ether oxygens (including phenoxy) is 2. The fraction of sp³-hybridized carbons (Fsp3) is 0.261. The normalized spacial score (nSPS) is 18.3. The SMILES string of the molecule is O=C(OCc1csc2ccccc12)c1ccc2c(c1)C(=O)N(CC1CCCO1)C2=O. The molecule has 5 rings (SSSR count). The summed E-state index contributed by atoms with van der Waals surface area (Å²) in [7, 11) is 0. The zero-order chi connectivity index (χ0) is 20.7. The van der Waals surface area contributed by atoms with E-state index in [0.717, 1.165) is 28.5 Å². The number of benzene rings is 2. The van der Waals surface area contributed by atoms with Crippen molar-refractivity contribution in [3.8, 4) is 0 Å². The highest BCUT2D eigenvalue weighted by atomic mass is 32.1. The maximum Gasteiger partial charge on any atom is 0.338 e. The van der Waals surface area contributed by atoms with Gasteiger partial charge in [-0.2, -0.15) is 0 Å². The predicted octanol–water partition coefficient (Wildman–Crippen LogP) is 4.03. The molecule has 2 aliphatic rings. The van der Waals surface area contributed by atoms with Crippen molar-refractivity contribution in [3.05, 3.63) is 70.1 Å². The minimum Gasteiger partial charge on any atom is -0.457 e. The van der Waals surface area contributed by atoms with Crippen LogP contribution in [0.5, 0.6) is 0 Å². The third kappa shape index (κ3) is 3.30. The van der Waals surface area contributed by atoms with Crippen LogP contribution in [0.4, 0.5) is 0 Å². The summed E-state index contributed by atoms with van der Waals surface area (Å²) in [6.45, 7) is 1.05. The van der Waals surface area contributed by atoms with Crippen molar-refractivity contribution in [1.82, 2.24) is 4.90 Å². The highest BCUT2D eigenvalue weighted by molar-refractivity contribution is 7.17. The first-order chi connectivity index (χ1) is 14.6. The van der Waals surface area contributed by atoms with Crippen molar-refractivity contribution in [2.45, 2.75) is 25.6 Å². The molecule has 2 amide bonds. The van der Waals surface area contributed by atoms with Crippen LogP contribution in [0.3, 0.4) is 0 Å². The minimum absolute atomic E-state index is 0.114. The van der Waals surface area contributed by atoms with E-state index in [1.807, 2.05) is 29.6 Å².